The number of rotatable bonds is 6. The van der Waals surface area contributed by atoms with Gasteiger partial charge in [-0.1, -0.05) is 53.9 Å². The number of aromatic nitrogens is 1. The van der Waals surface area contributed by atoms with E-state index in [1.54, 1.807) is 48.7 Å². The van der Waals surface area contributed by atoms with Gasteiger partial charge in [-0.25, -0.2) is 4.98 Å². The maximum absolute atomic E-state index is 13.0. The van der Waals surface area contributed by atoms with Crippen LogP contribution in [0.2, 0.25) is 0 Å². The second kappa shape index (κ2) is 8.89. The molecule has 1 aliphatic carbocycles. The van der Waals surface area contributed by atoms with E-state index >= 15 is 0 Å². The van der Waals surface area contributed by atoms with Gasteiger partial charge in [-0.2, -0.15) is 0 Å². The van der Waals surface area contributed by atoms with E-state index in [4.69, 9.17) is 4.74 Å². The number of amides is 1. The molecule has 1 aromatic heterocycles. The normalized spacial score (nSPS) is 11.9. The van der Waals surface area contributed by atoms with Crippen molar-refractivity contribution in [1.29, 1.82) is 0 Å². The first-order valence-corrected chi connectivity index (χ1v) is 9.51. The molecule has 2 aromatic carbocycles. The number of carbonyl (C=O) groups is 2. The van der Waals surface area contributed by atoms with Crippen molar-refractivity contribution < 1.29 is 14.3 Å². The Labute approximate surface area is 173 Å². The minimum absolute atomic E-state index is 0.0220. The highest BCUT2D eigenvalue weighted by Gasteiger charge is 2.21. The summed E-state index contributed by atoms with van der Waals surface area (Å²) in [5.74, 6) is 0.278. The van der Waals surface area contributed by atoms with Gasteiger partial charge in [-0.3, -0.25) is 14.5 Å². The summed E-state index contributed by atoms with van der Waals surface area (Å²) in [6, 6.07) is 18.6. The highest BCUT2D eigenvalue weighted by atomic mass is 16.5. The molecule has 5 nitrogen and oxygen atoms in total. The van der Waals surface area contributed by atoms with Crippen LogP contribution in [0.1, 0.15) is 6.42 Å². The molecule has 1 aliphatic rings. The number of carbonyl (C=O) groups excluding carboxylic acids is 2. The lowest BCUT2D eigenvalue weighted by molar-refractivity contribution is -0.134. The molecule has 0 atom stereocenters. The first kappa shape index (κ1) is 19.2. The number of nitrogens with zero attached hydrogens (tertiary/aromatic N) is 2. The van der Waals surface area contributed by atoms with Gasteiger partial charge in [0.05, 0.1) is 6.42 Å². The van der Waals surface area contributed by atoms with Crippen LogP contribution in [0.4, 0.5) is 5.82 Å². The summed E-state index contributed by atoms with van der Waals surface area (Å²) in [5.41, 5.74) is 6.00. The second-order valence-corrected chi connectivity index (χ2v) is 6.57. The van der Waals surface area contributed by atoms with Gasteiger partial charge in [0, 0.05) is 29.8 Å². The van der Waals surface area contributed by atoms with Crippen molar-refractivity contribution in [2.24, 2.45) is 0 Å². The van der Waals surface area contributed by atoms with E-state index in [0.29, 0.717) is 17.1 Å². The van der Waals surface area contributed by atoms with E-state index in [2.05, 4.69) is 16.4 Å². The lowest BCUT2D eigenvalue weighted by atomic mass is 10.1. The first-order valence-electron chi connectivity index (χ1n) is 9.51. The maximum atomic E-state index is 13.0. The monoisotopic (exact) mass is 394 g/mol. The summed E-state index contributed by atoms with van der Waals surface area (Å²) in [6.45, 7) is 0.137. The Morgan fingerprint density at radius 3 is 2.60 bits per heavy atom. The van der Waals surface area contributed by atoms with Crippen LogP contribution >= 0.6 is 0 Å². The summed E-state index contributed by atoms with van der Waals surface area (Å²) < 4.78 is 5.59. The zero-order valence-corrected chi connectivity index (χ0v) is 16.1. The Kier molecular flexibility index (Phi) is 5.68. The molecule has 5 heteroatoms. The van der Waals surface area contributed by atoms with Gasteiger partial charge < -0.3 is 4.74 Å². The highest BCUT2D eigenvalue weighted by molar-refractivity contribution is 6.07. The van der Waals surface area contributed by atoms with Crippen LogP contribution in [0.15, 0.2) is 102 Å². The van der Waals surface area contributed by atoms with Crippen LogP contribution in [-0.2, 0) is 9.59 Å². The molecule has 30 heavy (non-hydrogen) atoms. The predicted molar refractivity (Wildman–Crippen MR) is 115 cm³/mol. The van der Waals surface area contributed by atoms with Crippen molar-refractivity contribution in [1.82, 2.24) is 4.98 Å². The predicted octanol–water partition coefficient (Wildman–Crippen LogP) is 4.37. The average Bonchev–Trinajstić information content (AvgIpc) is 2.80. The van der Waals surface area contributed by atoms with Crippen molar-refractivity contribution in [2.45, 2.75) is 6.42 Å². The maximum Gasteiger partial charge on any atom is 0.313 e. The van der Waals surface area contributed by atoms with Gasteiger partial charge in [0.15, 0.2) is 0 Å². The molecule has 0 fully saturated rings. The molecular weight excluding hydrogens is 376 g/mol. The summed E-state index contributed by atoms with van der Waals surface area (Å²) in [5, 5.41) is 1.85. The Bertz CT molecular complexity index is 1230. The molecule has 0 saturated heterocycles. The molecule has 0 saturated carbocycles. The fraction of sp³-hybridized carbons (Fsp3) is 0.0800. The largest absolute Gasteiger partial charge is 0.426 e. The number of allylic oxidation sites excluding steroid dienone is 2. The number of pyridine rings is 1. The van der Waals surface area contributed by atoms with Crippen LogP contribution in [-0.4, -0.2) is 23.4 Å². The molecule has 0 aliphatic heterocycles. The Balaban J connectivity index is 1.50. The standard InChI is InChI=1S/C25H18N2O3/c28-24(30-22-14-8-12-19-9-4-5-13-21(19)22)16-18-27(23-15-6-7-17-26-23)25(29)20-10-2-1-3-11-20/h2,4-15,17H,16,18H2. The van der Waals surface area contributed by atoms with Gasteiger partial charge in [0.1, 0.15) is 11.6 Å². The zero-order valence-electron chi connectivity index (χ0n) is 16.1. The average molecular weight is 394 g/mol. The summed E-state index contributed by atoms with van der Waals surface area (Å²) in [4.78, 5) is 31.3. The van der Waals surface area contributed by atoms with Crippen LogP contribution in [0, 0.1) is 0 Å². The zero-order chi connectivity index (χ0) is 20.8. The number of esters is 1. The molecule has 0 N–H and O–H groups in total. The Hall–Kier alpha value is -4.17. The molecule has 0 unspecified atom stereocenters. The lowest BCUT2D eigenvalue weighted by Gasteiger charge is -2.22. The molecule has 3 aromatic rings. The SMILES string of the molecule is O=C(CCN(C(=O)C1=CC=C=C=C1)c1ccccn1)Oc1cccc2ccccc12. The van der Waals surface area contributed by atoms with Gasteiger partial charge in [0.2, 0.25) is 0 Å². The van der Waals surface area contributed by atoms with Crippen LogP contribution < -0.4 is 9.64 Å². The van der Waals surface area contributed by atoms with E-state index in [1.807, 2.05) is 36.4 Å². The van der Waals surface area contributed by atoms with Crippen LogP contribution in [0.25, 0.3) is 10.8 Å². The first-order chi connectivity index (χ1) is 14.7. The van der Waals surface area contributed by atoms with Crippen LogP contribution in [0.5, 0.6) is 5.75 Å². The smallest absolute Gasteiger partial charge is 0.313 e. The third kappa shape index (κ3) is 4.29. The van der Waals surface area contributed by atoms with Gasteiger partial charge in [-0.15, -0.1) is 0 Å². The molecule has 0 bridgehead atoms. The number of anilines is 1. The lowest BCUT2D eigenvalue weighted by Crippen LogP contribution is -2.35. The second-order valence-electron chi connectivity index (χ2n) is 6.57. The molecule has 1 heterocycles. The molecule has 146 valence electrons. The van der Waals surface area contributed by atoms with E-state index in [0.717, 1.165) is 10.8 Å². The summed E-state index contributed by atoms with van der Waals surface area (Å²) >= 11 is 0. The van der Waals surface area contributed by atoms with Crippen molar-refractivity contribution in [3.05, 3.63) is 102 Å². The molecule has 1 amide bonds. The molecule has 4 rings (SSSR count). The quantitative estimate of drug-likeness (QED) is 0.354. The van der Waals surface area contributed by atoms with Crippen molar-refractivity contribution >= 4 is 28.5 Å². The van der Waals surface area contributed by atoms with Crippen molar-refractivity contribution in [3.63, 3.8) is 0 Å². The fourth-order valence-electron chi connectivity index (χ4n) is 3.13. The van der Waals surface area contributed by atoms with Crippen LogP contribution in [0.3, 0.4) is 0 Å². The summed E-state index contributed by atoms with van der Waals surface area (Å²) in [7, 11) is 0. The fourth-order valence-corrected chi connectivity index (χ4v) is 3.13. The van der Waals surface area contributed by atoms with E-state index in [9.17, 15) is 9.59 Å². The van der Waals surface area contributed by atoms with Gasteiger partial charge >= 0.3 is 5.97 Å². The summed E-state index contributed by atoms with van der Waals surface area (Å²) in [6.07, 6.45) is 6.47. The van der Waals surface area contributed by atoms with E-state index in [-0.39, 0.29) is 18.9 Å². The molecule has 0 spiro atoms. The van der Waals surface area contributed by atoms with E-state index < -0.39 is 5.97 Å². The number of hydrogen-bond donors (Lipinski definition) is 0. The third-order valence-corrected chi connectivity index (χ3v) is 4.59. The molecule has 0 radical (unpaired) electrons. The van der Waals surface area contributed by atoms with Gasteiger partial charge in [-0.05, 0) is 35.7 Å². The number of fused-ring (bicyclic) bond motifs is 1. The minimum Gasteiger partial charge on any atom is -0.426 e. The number of ether oxygens (including phenoxy) is 1. The Morgan fingerprint density at radius 1 is 0.967 bits per heavy atom. The number of benzene rings is 2. The van der Waals surface area contributed by atoms with Gasteiger partial charge in [0.25, 0.3) is 5.91 Å². The van der Waals surface area contributed by atoms with Crippen molar-refractivity contribution in [3.8, 4) is 5.75 Å². The van der Waals surface area contributed by atoms with Crippen molar-refractivity contribution in [2.75, 3.05) is 11.4 Å². The minimum atomic E-state index is -0.423. The molecular formula is C25H18N2O3. The Morgan fingerprint density at radius 2 is 1.80 bits per heavy atom. The van der Waals surface area contributed by atoms with E-state index in [1.165, 1.54) is 4.90 Å². The third-order valence-electron chi connectivity index (χ3n) is 4.59. The topological polar surface area (TPSA) is 59.5 Å². The highest BCUT2D eigenvalue weighted by Crippen LogP contribution is 2.25. The number of hydrogen-bond acceptors (Lipinski definition) is 4.